The van der Waals surface area contributed by atoms with E-state index in [2.05, 4.69) is 10.3 Å². The van der Waals surface area contributed by atoms with Crippen molar-refractivity contribution in [3.8, 4) is 5.69 Å². The molecule has 0 radical (unpaired) electrons. The van der Waals surface area contributed by atoms with E-state index >= 15 is 0 Å². The molecule has 0 bridgehead atoms. The van der Waals surface area contributed by atoms with Gasteiger partial charge in [0.25, 0.3) is 0 Å². The molecule has 3 rings (SSSR count). The number of nitrogens with one attached hydrogen (secondary N) is 1. The summed E-state index contributed by atoms with van der Waals surface area (Å²) in [6.45, 7) is 5.74. The van der Waals surface area contributed by atoms with E-state index in [-0.39, 0.29) is 5.91 Å². The van der Waals surface area contributed by atoms with E-state index in [0.717, 1.165) is 33.2 Å². The molecule has 2 aromatic carbocycles. The van der Waals surface area contributed by atoms with Crippen molar-refractivity contribution in [3.63, 3.8) is 0 Å². The maximum atomic E-state index is 12.7. The van der Waals surface area contributed by atoms with E-state index in [1.54, 1.807) is 25.3 Å². The number of imidazole rings is 1. The van der Waals surface area contributed by atoms with Crippen LogP contribution in [0.5, 0.6) is 0 Å². The summed E-state index contributed by atoms with van der Waals surface area (Å²) < 4.78 is 27.8. The summed E-state index contributed by atoms with van der Waals surface area (Å²) in [6.07, 6.45) is 4.73. The van der Waals surface area contributed by atoms with Crippen LogP contribution in [-0.2, 0) is 21.4 Å². The maximum Gasteiger partial charge on any atom is 0.243 e. The number of anilines is 1. The Morgan fingerprint density at radius 2 is 1.73 bits per heavy atom. The number of carbonyl (C=O) groups is 1. The van der Waals surface area contributed by atoms with Gasteiger partial charge in [-0.3, -0.25) is 9.10 Å². The molecule has 7 nitrogen and oxygen atoms in total. The van der Waals surface area contributed by atoms with Gasteiger partial charge in [0.1, 0.15) is 11.9 Å². The van der Waals surface area contributed by atoms with Crippen molar-refractivity contribution in [2.24, 2.45) is 0 Å². The third-order valence-corrected chi connectivity index (χ3v) is 6.13. The lowest BCUT2D eigenvalue weighted by Crippen LogP contribution is -2.47. The Morgan fingerprint density at radius 1 is 1.10 bits per heavy atom. The number of hydrogen-bond donors (Lipinski definition) is 1. The highest BCUT2D eigenvalue weighted by Crippen LogP contribution is 2.21. The Morgan fingerprint density at radius 3 is 2.27 bits per heavy atom. The van der Waals surface area contributed by atoms with Crippen molar-refractivity contribution in [3.05, 3.63) is 77.9 Å². The maximum absolute atomic E-state index is 12.7. The summed E-state index contributed by atoms with van der Waals surface area (Å²) in [4.78, 5) is 16.9. The van der Waals surface area contributed by atoms with Crippen LogP contribution in [0.3, 0.4) is 0 Å². The van der Waals surface area contributed by atoms with E-state index in [4.69, 9.17) is 0 Å². The van der Waals surface area contributed by atoms with Crippen LogP contribution < -0.4 is 9.62 Å². The number of aryl methyl sites for hydroxylation is 2. The molecular formula is C22H26N4O3S. The highest BCUT2D eigenvalue weighted by Gasteiger charge is 2.28. The molecule has 1 amide bonds. The molecule has 0 aliphatic rings. The van der Waals surface area contributed by atoms with Gasteiger partial charge in [-0.2, -0.15) is 0 Å². The third-order valence-electron chi connectivity index (χ3n) is 4.88. The van der Waals surface area contributed by atoms with E-state index in [0.29, 0.717) is 12.2 Å². The van der Waals surface area contributed by atoms with Crippen LogP contribution >= 0.6 is 0 Å². The van der Waals surface area contributed by atoms with Gasteiger partial charge in [0.05, 0.1) is 11.9 Å². The summed E-state index contributed by atoms with van der Waals surface area (Å²) in [7, 11) is -3.63. The van der Waals surface area contributed by atoms with Gasteiger partial charge in [-0.25, -0.2) is 13.4 Å². The van der Waals surface area contributed by atoms with Gasteiger partial charge in [-0.1, -0.05) is 29.8 Å². The molecule has 1 heterocycles. The van der Waals surface area contributed by atoms with Gasteiger partial charge < -0.3 is 9.88 Å². The fraction of sp³-hybridized carbons (Fsp3) is 0.273. The van der Waals surface area contributed by atoms with Crippen LogP contribution in [0, 0.1) is 13.8 Å². The van der Waals surface area contributed by atoms with Crippen molar-refractivity contribution < 1.29 is 13.2 Å². The molecule has 0 aliphatic heterocycles. The molecule has 0 aliphatic carbocycles. The molecule has 0 unspecified atom stereocenters. The second kappa shape index (κ2) is 8.71. The largest absolute Gasteiger partial charge is 0.350 e. The van der Waals surface area contributed by atoms with Gasteiger partial charge in [-0.05, 0) is 50.6 Å². The first-order valence-corrected chi connectivity index (χ1v) is 11.4. The number of sulfonamides is 1. The molecule has 3 aromatic rings. The fourth-order valence-electron chi connectivity index (χ4n) is 3.26. The smallest absolute Gasteiger partial charge is 0.243 e. The SMILES string of the molecule is Cc1ccc(N([C@H](C)C(=O)NCc2ccc(-n3ccnc3C)cc2)S(C)(=O)=O)cc1. The number of benzene rings is 2. The Kier molecular flexibility index (Phi) is 6.26. The van der Waals surface area contributed by atoms with Gasteiger partial charge in [0.15, 0.2) is 0 Å². The minimum absolute atomic E-state index is 0.303. The van der Waals surface area contributed by atoms with E-state index in [9.17, 15) is 13.2 Å². The normalized spacial score (nSPS) is 12.4. The number of rotatable bonds is 7. The highest BCUT2D eigenvalue weighted by atomic mass is 32.2. The number of carbonyl (C=O) groups excluding carboxylic acids is 1. The Labute approximate surface area is 177 Å². The number of nitrogens with zero attached hydrogens (tertiary/aromatic N) is 3. The molecule has 1 atom stereocenters. The van der Waals surface area contributed by atoms with Crippen molar-refractivity contribution >= 4 is 21.6 Å². The van der Waals surface area contributed by atoms with Gasteiger partial charge >= 0.3 is 0 Å². The molecule has 158 valence electrons. The molecule has 0 spiro atoms. The van der Waals surface area contributed by atoms with Gasteiger partial charge in [-0.15, -0.1) is 0 Å². The van der Waals surface area contributed by atoms with Crippen LogP contribution in [0.15, 0.2) is 60.9 Å². The van der Waals surface area contributed by atoms with Crippen LogP contribution in [0.2, 0.25) is 0 Å². The molecule has 0 fully saturated rings. The van der Waals surface area contributed by atoms with Crippen molar-refractivity contribution in [1.82, 2.24) is 14.9 Å². The topological polar surface area (TPSA) is 84.3 Å². The quantitative estimate of drug-likeness (QED) is 0.630. The minimum atomic E-state index is -3.63. The summed E-state index contributed by atoms with van der Waals surface area (Å²) in [5.74, 6) is 0.525. The monoisotopic (exact) mass is 426 g/mol. The molecule has 30 heavy (non-hydrogen) atoms. The second-order valence-electron chi connectivity index (χ2n) is 7.30. The van der Waals surface area contributed by atoms with Crippen molar-refractivity contribution in [1.29, 1.82) is 0 Å². The lowest BCUT2D eigenvalue weighted by Gasteiger charge is -2.28. The molecule has 0 saturated carbocycles. The summed E-state index contributed by atoms with van der Waals surface area (Å²) in [5, 5.41) is 2.83. The van der Waals surface area contributed by atoms with Crippen LogP contribution in [0.1, 0.15) is 23.9 Å². The molecule has 1 N–H and O–H groups in total. The predicted molar refractivity (Wildman–Crippen MR) is 118 cm³/mol. The minimum Gasteiger partial charge on any atom is -0.350 e. The fourth-order valence-corrected chi connectivity index (χ4v) is 4.44. The average Bonchev–Trinajstić information content (AvgIpc) is 3.13. The van der Waals surface area contributed by atoms with Crippen molar-refractivity contribution in [2.75, 3.05) is 10.6 Å². The number of aromatic nitrogens is 2. The zero-order valence-corrected chi connectivity index (χ0v) is 18.3. The summed E-state index contributed by atoms with van der Waals surface area (Å²) in [5.41, 5.74) is 3.37. The Hall–Kier alpha value is -3.13. The molecule has 1 aromatic heterocycles. The first kappa shape index (κ1) is 21.6. The third kappa shape index (κ3) is 4.88. The van der Waals surface area contributed by atoms with Crippen molar-refractivity contribution in [2.45, 2.75) is 33.4 Å². The standard InChI is InChI=1S/C22H26N4O3S/c1-16-5-9-21(10-6-16)26(30(4,28)29)17(2)22(27)24-15-19-7-11-20(12-8-19)25-14-13-23-18(25)3/h5-14,17H,15H2,1-4H3,(H,24,27)/t17-/m1/s1. The van der Waals surface area contributed by atoms with Gasteiger partial charge in [0, 0.05) is 24.6 Å². The summed E-state index contributed by atoms with van der Waals surface area (Å²) in [6, 6.07) is 13.9. The van der Waals surface area contributed by atoms with E-state index in [1.807, 2.05) is 61.0 Å². The van der Waals surface area contributed by atoms with E-state index < -0.39 is 16.1 Å². The predicted octanol–water partition coefficient (Wildman–Crippen LogP) is 2.96. The molecule has 8 heteroatoms. The number of amides is 1. The van der Waals surface area contributed by atoms with E-state index in [1.165, 1.54) is 0 Å². The van der Waals surface area contributed by atoms with Crippen LogP contribution in [0.4, 0.5) is 5.69 Å². The number of hydrogen-bond acceptors (Lipinski definition) is 4. The van der Waals surface area contributed by atoms with Crippen LogP contribution in [0.25, 0.3) is 5.69 Å². The lowest BCUT2D eigenvalue weighted by atomic mass is 10.2. The summed E-state index contributed by atoms with van der Waals surface area (Å²) >= 11 is 0. The highest BCUT2D eigenvalue weighted by molar-refractivity contribution is 7.92. The van der Waals surface area contributed by atoms with Crippen LogP contribution in [-0.4, -0.2) is 36.2 Å². The zero-order valence-electron chi connectivity index (χ0n) is 17.5. The first-order chi connectivity index (χ1) is 14.2. The molecular weight excluding hydrogens is 400 g/mol. The average molecular weight is 427 g/mol. The zero-order chi connectivity index (χ0) is 21.9. The second-order valence-corrected chi connectivity index (χ2v) is 9.16. The first-order valence-electron chi connectivity index (χ1n) is 9.60. The van der Waals surface area contributed by atoms with Gasteiger partial charge in [0.2, 0.25) is 15.9 Å². The molecule has 0 saturated heterocycles. The lowest BCUT2D eigenvalue weighted by molar-refractivity contribution is -0.122. The Balaban J connectivity index is 1.69. The Bertz CT molecular complexity index is 1120.